The van der Waals surface area contributed by atoms with Crippen molar-refractivity contribution in [3.05, 3.63) is 23.8 Å². The summed E-state index contributed by atoms with van der Waals surface area (Å²) >= 11 is 5.40. The van der Waals surface area contributed by atoms with E-state index in [4.69, 9.17) is 27.5 Å². The fourth-order valence-corrected chi connectivity index (χ4v) is 1.06. The van der Waals surface area contributed by atoms with Gasteiger partial charge in [0.25, 0.3) is 0 Å². The molecule has 1 aromatic carbocycles. The first-order valence-corrected chi connectivity index (χ1v) is 3.70. The van der Waals surface area contributed by atoms with E-state index < -0.39 is 6.33 Å². The van der Waals surface area contributed by atoms with E-state index in [2.05, 4.69) is 0 Å². The number of benzene rings is 1. The molecular weight excluding hydrogens is 174 g/mol. The van der Waals surface area contributed by atoms with Crippen LogP contribution in [0.2, 0.25) is 0 Å². The summed E-state index contributed by atoms with van der Waals surface area (Å²) in [5.74, 6) is 0. The Morgan fingerprint density at radius 2 is 2.25 bits per heavy atom. The number of nitrogen functional groups attached to an aromatic ring is 1. The SMILES string of the molecule is N#Cc1ccc(B(O)Cl)c(N)c1. The molecule has 0 unspecified atom stereocenters. The molecule has 60 valence electrons. The topological polar surface area (TPSA) is 70.0 Å². The van der Waals surface area contributed by atoms with Crippen LogP contribution in [0.1, 0.15) is 5.56 Å². The van der Waals surface area contributed by atoms with Crippen LogP contribution < -0.4 is 11.2 Å². The zero-order valence-electron chi connectivity index (χ0n) is 6.16. The van der Waals surface area contributed by atoms with Crippen molar-refractivity contribution in [2.45, 2.75) is 0 Å². The Bertz CT molecular complexity index is 335. The molecule has 3 nitrogen and oxygen atoms in total. The molecular formula is C7H6BClN2O. The number of hydrogen-bond acceptors (Lipinski definition) is 3. The lowest BCUT2D eigenvalue weighted by Gasteiger charge is -2.02. The monoisotopic (exact) mass is 180 g/mol. The number of nitriles is 1. The van der Waals surface area contributed by atoms with Gasteiger partial charge in [0.2, 0.25) is 0 Å². The number of rotatable bonds is 1. The maximum Gasteiger partial charge on any atom is 0.433 e. The second kappa shape index (κ2) is 3.48. The quantitative estimate of drug-likeness (QED) is 0.474. The van der Waals surface area contributed by atoms with Crippen molar-refractivity contribution in [1.29, 1.82) is 5.26 Å². The molecule has 0 heterocycles. The van der Waals surface area contributed by atoms with E-state index in [0.717, 1.165) is 0 Å². The maximum absolute atomic E-state index is 8.97. The van der Waals surface area contributed by atoms with Crippen LogP contribution in [0.4, 0.5) is 5.69 Å². The molecule has 0 bridgehead atoms. The molecule has 0 saturated heterocycles. The van der Waals surface area contributed by atoms with Crippen LogP contribution in [0.25, 0.3) is 0 Å². The molecule has 12 heavy (non-hydrogen) atoms. The van der Waals surface area contributed by atoms with Crippen molar-refractivity contribution in [2.24, 2.45) is 0 Å². The molecule has 0 aliphatic heterocycles. The molecule has 1 rings (SSSR count). The molecule has 0 aliphatic rings. The third kappa shape index (κ3) is 1.70. The van der Waals surface area contributed by atoms with Crippen LogP contribution in [0, 0.1) is 11.3 Å². The molecule has 0 spiro atoms. The first-order valence-electron chi connectivity index (χ1n) is 3.27. The van der Waals surface area contributed by atoms with Crippen LogP contribution >= 0.6 is 11.5 Å². The fourth-order valence-electron chi connectivity index (χ4n) is 0.861. The highest BCUT2D eigenvalue weighted by Crippen LogP contribution is 2.05. The Kier molecular flexibility index (Phi) is 2.59. The summed E-state index contributed by atoms with van der Waals surface area (Å²) in [6, 6.07) is 6.49. The van der Waals surface area contributed by atoms with Crippen LogP contribution in [-0.2, 0) is 0 Å². The molecule has 5 heteroatoms. The van der Waals surface area contributed by atoms with Crippen molar-refractivity contribution < 1.29 is 5.02 Å². The van der Waals surface area contributed by atoms with Gasteiger partial charge in [0.15, 0.2) is 0 Å². The van der Waals surface area contributed by atoms with E-state index in [0.29, 0.717) is 16.7 Å². The summed E-state index contributed by atoms with van der Waals surface area (Å²) in [5.41, 5.74) is 6.71. The lowest BCUT2D eigenvalue weighted by atomic mass is 9.85. The van der Waals surface area contributed by atoms with E-state index in [1.54, 1.807) is 6.07 Å². The van der Waals surface area contributed by atoms with Crippen LogP contribution in [0.15, 0.2) is 18.2 Å². The normalized spacial score (nSPS) is 9.08. The minimum Gasteiger partial charge on any atom is -0.434 e. The summed E-state index contributed by atoms with van der Waals surface area (Å²) in [6.45, 7) is 0. The fraction of sp³-hybridized carbons (Fsp3) is 0. The molecule has 0 aliphatic carbocycles. The van der Waals surface area contributed by atoms with Crippen LogP contribution in [0.5, 0.6) is 0 Å². The van der Waals surface area contributed by atoms with E-state index in [1.165, 1.54) is 12.1 Å². The number of hydrogen-bond donors (Lipinski definition) is 2. The van der Waals surface area contributed by atoms with Gasteiger partial charge in [-0.05, 0) is 17.6 Å². The van der Waals surface area contributed by atoms with Gasteiger partial charge in [-0.2, -0.15) is 5.26 Å². The van der Waals surface area contributed by atoms with Crippen molar-refractivity contribution in [1.82, 2.24) is 0 Å². The standard InChI is InChI=1S/C7H6BClN2O/c9-8(12)6-2-1-5(4-10)3-7(6)11/h1-3,12H,11H2. The lowest BCUT2D eigenvalue weighted by molar-refractivity contribution is 0.607. The summed E-state index contributed by atoms with van der Waals surface area (Å²) < 4.78 is 0. The number of nitrogens with two attached hydrogens (primary N) is 1. The lowest BCUT2D eigenvalue weighted by Crippen LogP contribution is -2.26. The summed E-state index contributed by atoms with van der Waals surface area (Å²) in [7, 11) is 0. The highest BCUT2D eigenvalue weighted by atomic mass is 35.5. The minimum absolute atomic E-state index is 0.330. The zero-order chi connectivity index (χ0) is 9.14. The summed E-state index contributed by atoms with van der Waals surface area (Å²) in [5, 5.41) is 17.5. The average molecular weight is 180 g/mol. The number of halogens is 1. The van der Waals surface area contributed by atoms with E-state index >= 15 is 0 Å². The second-order valence-corrected chi connectivity index (χ2v) is 2.70. The van der Waals surface area contributed by atoms with Gasteiger partial charge in [0.05, 0.1) is 11.6 Å². The molecule has 0 radical (unpaired) electrons. The molecule has 0 atom stereocenters. The van der Waals surface area contributed by atoms with Crippen molar-refractivity contribution in [3.8, 4) is 6.07 Å². The molecule has 0 saturated carbocycles. The summed E-state index contributed by atoms with van der Waals surface area (Å²) in [6.07, 6.45) is -1.11. The number of anilines is 1. The second-order valence-electron chi connectivity index (χ2n) is 2.29. The largest absolute Gasteiger partial charge is 0.434 e. The average Bonchev–Trinajstić information content (AvgIpc) is 2.03. The van der Waals surface area contributed by atoms with Crippen molar-refractivity contribution in [2.75, 3.05) is 5.73 Å². The first kappa shape index (κ1) is 8.92. The zero-order valence-corrected chi connectivity index (χ0v) is 6.92. The summed E-state index contributed by atoms with van der Waals surface area (Å²) in [4.78, 5) is 0. The number of nitrogens with zero attached hydrogens (tertiary/aromatic N) is 1. The van der Waals surface area contributed by atoms with Gasteiger partial charge in [-0.3, -0.25) is 0 Å². The Morgan fingerprint density at radius 3 is 2.67 bits per heavy atom. The van der Waals surface area contributed by atoms with Gasteiger partial charge in [-0.15, -0.1) is 11.5 Å². The van der Waals surface area contributed by atoms with E-state index in [9.17, 15) is 0 Å². The molecule has 3 N–H and O–H groups in total. The van der Waals surface area contributed by atoms with Gasteiger partial charge in [-0.25, -0.2) is 0 Å². The van der Waals surface area contributed by atoms with Crippen LogP contribution in [0.3, 0.4) is 0 Å². The predicted octanol–water partition coefficient (Wildman–Crippen LogP) is 0.0668. The van der Waals surface area contributed by atoms with Gasteiger partial charge in [0, 0.05) is 5.69 Å². The van der Waals surface area contributed by atoms with Gasteiger partial charge >= 0.3 is 6.33 Å². The van der Waals surface area contributed by atoms with E-state index in [1.807, 2.05) is 6.07 Å². The van der Waals surface area contributed by atoms with Crippen LogP contribution in [-0.4, -0.2) is 11.4 Å². The Labute approximate surface area is 75.4 Å². The molecule has 0 fully saturated rings. The Balaban J connectivity index is 3.14. The van der Waals surface area contributed by atoms with Crippen molar-refractivity contribution >= 4 is 28.9 Å². The molecule has 0 amide bonds. The first-order chi connectivity index (χ1) is 5.65. The highest BCUT2D eigenvalue weighted by molar-refractivity contribution is 7.10. The van der Waals surface area contributed by atoms with E-state index in [-0.39, 0.29) is 0 Å². The van der Waals surface area contributed by atoms with Gasteiger partial charge < -0.3 is 10.8 Å². The molecule has 1 aromatic rings. The predicted molar refractivity (Wildman–Crippen MR) is 49.0 cm³/mol. The Morgan fingerprint density at radius 1 is 1.58 bits per heavy atom. The van der Waals surface area contributed by atoms with Gasteiger partial charge in [0.1, 0.15) is 0 Å². The Hall–Kier alpha value is -1.18. The smallest absolute Gasteiger partial charge is 0.433 e. The molecule has 0 aromatic heterocycles. The maximum atomic E-state index is 8.97. The van der Waals surface area contributed by atoms with Crippen molar-refractivity contribution in [3.63, 3.8) is 0 Å². The highest BCUT2D eigenvalue weighted by Gasteiger charge is 2.13. The third-order valence-corrected chi connectivity index (χ3v) is 1.71. The minimum atomic E-state index is -1.11. The third-order valence-electron chi connectivity index (χ3n) is 1.47. The van der Waals surface area contributed by atoms with Gasteiger partial charge in [-0.1, -0.05) is 6.07 Å².